The maximum absolute atomic E-state index is 12.2. The van der Waals surface area contributed by atoms with Crippen molar-refractivity contribution in [3.8, 4) is 0 Å². The molecule has 0 unspecified atom stereocenters. The van der Waals surface area contributed by atoms with Crippen LogP contribution in [0.5, 0.6) is 0 Å². The van der Waals surface area contributed by atoms with Gasteiger partial charge in [-0.2, -0.15) is 0 Å². The summed E-state index contributed by atoms with van der Waals surface area (Å²) < 4.78 is 1.91. The number of nitrogens with zero attached hydrogens (tertiary/aromatic N) is 3. The van der Waals surface area contributed by atoms with Crippen LogP contribution in [0.15, 0.2) is 12.1 Å². The molecule has 0 fully saturated rings. The van der Waals surface area contributed by atoms with Crippen molar-refractivity contribution in [2.24, 2.45) is 5.41 Å². The van der Waals surface area contributed by atoms with Crippen molar-refractivity contribution in [2.45, 2.75) is 53.5 Å². The molecule has 1 N–H and O–H groups in total. The standard InChI is InChI=1S/C16H23ClN4O/c1-15(2,3)9-12(22)20-14-18-10-7-8-11(17)19-13(10)21(14)16(4,5)6/h7-8H,9H2,1-6H3,(H,18,20,22). The van der Waals surface area contributed by atoms with Crippen LogP contribution >= 0.6 is 11.6 Å². The van der Waals surface area contributed by atoms with E-state index in [1.807, 2.05) is 52.2 Å². The Morgan fingerprint density at radius 1 is 1.18 bits per heavy atom. The lowest BCUT2D eigenvalue weighted by molar-refractivity contribution is -0.117. The van der Waals surface area contributed by atoms with Gasteiger partial charge in [0, 0.05) is 12.0 Å². The quantitative estimate of drug-likeness (QED) is 0.842. The Labute approximate surface area is 136 Å². The number of imidazole rings is 1. The zero-order chi connectivity index (χ0) is 16.7. The Bertz CT molecular complexity index is 707. The maximum atomic E-state index is 12.2. The number of aromatic nitrogens is 3. The molecule has 2 rings (SSSR count). The fraction of sp³-hybridized carbons (Fsp3) is 0.562. The first-order chi connectivity index (χ1) is 9.97. The van der Waals surface area contributed by atoms with E-state index >= 15 is 0 Å². The third-order valence-electron chi connectivity index (χ3n) is 3.08. The number of hydrogen-bond acceptors (Lipinski definition) is 3. The first kappa shape index (κ1) is 16.7. The van der Waals surface area contributed by atoms with E-state index in [4.69, 9.17) is 11.6 Å². The summed E-state index contributed by atoms with van der Waals surface area (Å²) in [5, 5.41) is 3.32. The molecule has 0 bridgehead atoms. The fourth-order valence-corrected chi connectivity index (χ4v) is 2.45. The van der Waals surface area contributed by atoms with Crippen LogP contribution in [0.4, 0.5) is 5.95 Å². The number of fused-ring (bicyclic) bond motifs is 1. The van der Waals surface area contributed by atoms with Crippen LogP contribution in [0.2, 0.25) is 5.15 Å². The molecule has 120 valence electrons. The number of amides is 1. The second kappa shape index (κ2) is 5.54. The zero-order valence-corrected chi connectivity index (χ0v) is 14.7. The lowest BCUT2D eigenvalue weighted by Gasteiger charge is -2.24. The monoisotopic (exact) mass is 322 g/mol. The van der Waals surface area contributed by atoms with Gasteiger partial charge in [-0.25, -0.2) is 9.97 Å². The van der Waals surface area contributed by atoms with Crippen molar-refractivity contribution in [2.75, 3.05) is 5.32 Å². The second-order valence-corrected chi connectivity index (χ2v) is 8.09. The van der Waals surface area contributed by atoms with E-state index in [0.29, 0.717) is 28.7 Å². The number of nitrogens with one attached hydrogen (secondary N) is 1. The van der Waals surface area contributed by atoms with Crippen LogP contribution < -0.4 is 5.32 Å². The zero-order valence-electron chi connectivity index (χ0n) is 14.0. The van der Waals surface area contributed by atoms with Gasteiger partial charge < -0.3 is 0 Å². The molecule has 0 saturated heterocycles. The first-order valence-corrected chi connectivity index (χ1v) is 7.70. The molecule has 22 heavy (non-hydrogen) atoms. The van der Waals surface area contributed by atoms with Crippen molar-refractivity contribution >= 4 is 34.6 Å². The van der Waals surface area contributed by atoms with Gasteiger partial charge in [-0.15, -0.1) is 0 Å². The van der Waals surface area contributed by atoms with Gasteiger partial charge in [0.15, 0.2) is 5.65 Å². The van der Waals surface area contributed by atoms with E-state index in [1.165, 1.54) is 0 Å². The fourth-order valence-electron chi connectivity index (χ4n) is 2.30. The molecular formula is C16H23ClN4O. The SMILES string of the molecule is CC(C)(C)CC(=O)Nc1nc2ccc(Cl)nc2n1C(C)(C)C. The minimum atomic E-state index is -0.281. The van der Waals surface area contributed by atoms with E-state index in [-0.39, 0.29) is 16.9 Å². The number of hydrogen-bond donors (Lipinski definition) is 1. The first-order valence-electron chi connectivity index (χ1n) is 7.33. The summed E-state index contributed by atoms with van der Waals surface area (Å²) in [7, 11) is 0. The summed E-state index contributed by atoms with van der Waals surface area (Å²) in [6, 6.07) is 3.51. The number of anilines is 1. The highest BCUT2D eigenvalue weighted by Gasteiger charge is 2.25. The molecule has 0 aliphatic heterocycles. The predicted octanol–water partition coefficient (Wildman–Crippen LogP) is 4.21. The Kier molecular flexibility index (Phi) is 4.22. The minimum absolute atomic E-state index is 0.0561. The summed E-state index contributed by atoms with van der Waals surface area (Å²) >= 11 is 6.00. The van der Waals surface area contributed by atoms with Gasteiger partial charge in [0.2, 0.25) is 11.9 Å². The van der Waals surface area contributed by atoms with Crippen LogP contribution in [0.25, 0.3) is 11.2 Å². The molecule has 0 aromatic carbocycles. The average Bonchev–Trinajstić information content (AvgIpc) is 2.62. The number of pyridine rings is 1. The molecule has 0 radical (unpaired) electrons. The van der Waals surface area contributed by atoms with E-state index in [0.717, 1.165) is 0 Å². The molecule has 0 aliphatic rings. The lowest BCUT2D eigenvalue weighted by atomic mass is 9.92. The number of carbonyl (C=O) groups excluding carboxylic acids is 1. The molecule has 2 heterocycles. The number of carbonyl (C=O) groups is 1. The van der Waals surface area contributed by atoms with Crippen LogP contribution in [-0.4, -0.2) is 20.4 Å². The van der Waals surface area contributed by atoms with Crippen molar-refractivity contribution in [1.82, 2.24) is 14.5 Å². The molecule has 5 nitrogen and oxygen atoms in total. The Morgan fingerprint density at radius 2 is 1.82 bits per heavy atom. The van der Waals surface area contributed by atoms with Crippen molar-refractivity contribution < 1.29 is 4.79 Å². The van der Waals surface area contributed by atoms with Gasteiger partial charge in [0.05, 0.1) is 0 Å². The van der Waals surface area contributed by atoms with E-state index in [2.05, 4.69) is 15.3 Å². The largest absolute Gasteiger partial charge is 0.296 e. The summed E-state index contributed by atoms with van der Waals surface area (Å²) in [6.45, 7) is 12.2. The van der Waals surface area contributed by atoms with Gasteiger partial charge in [-0.1, -0.05) is 32.4 Å². The van der Waals surface area contributed by atoms with Crippen LogP contribution in [0, 0.1) is 5.41 Å². The Balaban J connectivity index is 2.47. The molecule has 1 amide bonds. The van der Waals surface area contributed by atoms with Gasteiger partial charge in [0.1, 0.15) is 10.7 Å². The minimum Gasteiger partial charge on any atom is -0.296 e. The average molecular weight is 323 g/mol. The van der Waals surface area contributed by atoms with Gasteiger partial charge >= 0.3 is 0 Å². The van der Waals surface area contributed by atoms with Crippen LogP contribution in [0.3, 0.4) is 0 Å². The summed E-state index contributed by atoms with van der Waals surface area (Å²) in [5.41, 5.74) is 1.03. The van der Waals surface area contributed by atoms with Crippen LogP contribution in [0.1, 0.15) is 48.0 Å². The molecular weight excluding hydrogens is 300 g/mol. The number of rotatable bonds is 2. The topological polar surface area (TPSA) is 59.8 Å². The summed E-state index contributed by atoms with van der Waals surface area (Å²) in [4.78, 5) is 21.1. The molecule has 0 spiro atoms. The van der Waals surface area contributed by atoms with Crippen molar-refractivity contribution in [3.05, 3.63) is 17.3 Å². The van der Waals surface area contributed by atoms with Gasteiger partial charge in [-0.05, 0) is 38.3 Å². The highest BCUT2D eigenvalue weighted by Crippen LogP contribution is 2.28. The molecule has 0 saturated carbocycles. The molecule has 0 atom stereocenters. The van der Waals surface area contributed by atoms with Crippen molar-refractivity contribution in [1.29, 1.82) is 0 Å². The smallest absolute Gasteiger partial charge is 0.227 e. The number of halogens is 1. The van der Waals surface area contributed by atoms with Gasteiger partial charge in [0.25, 0.3) is 0 Å². The van der Waals surface area contributed by atoms with E-state index in [1.54, 1.807) is 6.07 Å². The Morgan fingerprint density at radius 3 is 2.36 bits per heavy atom. The third-order valence-corrected chi connectivity index (χ3v) is 3.29. The second-order valence-electron chi connectivity index (χ2n) is 7.70. The maximum Gasteiger partial charge on any atom is 0.227 e. The third kappa shape index (κ3) is 3.77. The highest BCUT2D eigenvalue weighted by molar-refractivity contribution is 6.29. The lowest BCUT2D eigenvalue weighted by Crippen LogP contribution is -2.27. The van der Waals surface area contributed by atoms with Gasteiger partial charge in [-0.3, -0.25) is 14.7 Å². The van der Waals surface area contributed by atoms with E-state index < -0.39 is 0 Å². The molecule has 2 aromatic rings. The molecule has 0 aliphatic carbocycles. The van der Waals surface area contributed by atoms with Crippen LogP contribution in [-0.2, 0) is 10.3 Å². The normalized spacial score (nSPS) is 12.7. The van der Waals surface area contributed by atoms with Crippen molar-refractivity contribution in [3.63, 3.8) is 0 Å². The summed E-state index contributed by atoms with van der Waals surface area (Å²) in [5.74, 6) is 0.450. The predicted molar refractivity (Wildman–Crippen MR) is 90.2 cm³/mol. The molecule has 6 heteroatoms. The Hall–Kier alpha value is -1.62. The summed E-state index contributed by atoms with van der Waals surface area (Å²) in [6.07, 6.45) is 0.425. The highest BCUT2D eigenvalue weighted by atomic mass is 35.5. The molecule has 2 aromatic heterocycles. The van der Waals surface area contributed by atoms with E-state index in [9.17, 15) is 4.79 Å².